The van der Waals surface area contributed by atoms with Crippen LogP contribution in [0.1, 0.15) is 19.8 Å². The maximum absolute atomic E-state index is 10.5. The maximum atomic E-state index is 10.5. The molecule has 1 atom stereocenters. The van der Waals surface area contributed by atoms with E-state index < -0.39 is 5.97 Å². The third-order valence-corrected chi connectivity index (χ3v) is 2.59. The molecule has 1 rings (SSSR count). The zero-order valence-corrected chi connectivity index (χ0v) is 8.75. The van der Waals surface area contributed by atoms with Gasteiger partial charge in [-0.15, -0.1) is 10.2 Å². The highest BCUT2D eigenvalue weighted by molar-refractivity contribution is 7.13. The van der Waals surface area contributed by atoms with E-state index in [1.54, 1.807) is 5.51 Å². The molecule has 0 saturated carbocycles. The fourth-order valence-corrected chi connectivity index (χ4v) is 1.54. The topological polar surface area (TPSA) is 75.1 Å². The minimum Gasteiger partial charge on any atom is -0.481 e. The largest absolute Gasteiger partial charge is 0.481 e. The molecule has 0 bridgehead atoms. The van der Waals surface area contributed by atoms with Gasteiger partial charge in [-0.05, 0) is 5.92 Å². The van der Waals surface area contributed by atoms with Crippen LogP contribution in [0.2, 0.25) is 0 Å². The molecule has 0 spiro atoms. The highest BCUT2D eigenvalue weighted by Crippen LogP contribution is 2.12. The molecule has 0 amide bonds. The van der Waals surface area contributed by atoms with Crippen molar-refractivity contribution in [3.63, 3.8) is 0 Å². The predicted octanol–water partition coefficient (Wildman–Crippen LogP) is 1.45. The molecule has 0 saturated heterocycles. The fraction of sp³-hybridized carbons (Fsp3) is 0.625. The van der Waals surface area contributed by atoms with Crippen LogP contribution in [0.15, 0.2) is 5.51 Å². The van der Waals surface area contributed by atoms with Crippen molar-refractivity contribution in [2.45, 2.75) is 19.8 Å². The van der Waals surface area contributed by atoms with Crippen LogP contribution in [0.5, 0.6) is 0 Å². The lowest BCUT2D eigenvalue weighted by Gasteiger charge is -2.11. The molecule has 1 unspecified atom stereocenters. The van der Waals surface area contributed by atoms with Crippen molar-refractivity contribution in [1.29, 1.82) is 0 Å². The summed E-state index contributed by atoms with van der Waals surface area (Å²) in [5.41, 5.74) is 1.64. The number of hydrogen-bond donors (Lipinski definition) is 2. The van der Waals surface area contributed by atoms with E-state index in [4.69, 9.17) is 5.11 Å². The maximum Gasteiger partial charge on any atom is 0.303 e. The predicted molar refractivity (Wildman–Crippen MR) is 54.4 cm³/mol. The summed E-state index contributed by atoms with van der Waals surface area (Å²) in [4.78, 5) is 10.5. The van der Waals surface area contributed by atoms with Crippen LogP contribution in [0.25, 0.3) is 0 Å². The van der Waals surface area contributed by atoms with Crippen molar-refractivity contribution in [1.82, 2.24) is 10.2 Å². The Balaban J connectivity index is 2.30. The summed E-state index contributed by atoms with van der Waals surface area (Å²) in [5.74, 6) is -0.604. The summed E-state index contributed by atoms with van der Waals surface area (Å²) in [6.45, 7) is 2.62. The van der Waals surface area contributed by atoms with Crippen molar-refractivity contribution in [2.75, 3.05) is 11.9 Å². The van der Waals surface area contributed by atoms with Crippen LogP contribution in [-0.2, 0) is 4.79 Å². The molecular weight excluding hydrogens is 202 g/mol. The van der Waals surface area contributed by atoms with Crippen LogP contribution >= 0.6 is 11.3 Å². The smallest absolute Gasteiger partial charge is 0.303 e. The summed E-state index contributed by atoms with van der Waals surface area (Å²) in [6.07, 6.45) is 1.04. The molecule has 0 fully saturated rings. The quantitative estimate of drug-likeness (QED) is 0.751. The van der Waals surface area contributed by atoms with Gasteiger partial charge < -0.3 is 10.4 Å². The van der Waals surface area contributed by atoms with E-state index in [1.165, 1.54) is 11.3 Å². The number of carboxylic acid groups (broad SMARTS) is 1. The second-order valence-electron chi connectivity index (χ2n) is 3.00. The first-order valence-electron chi connectivity index (χ1n) is 4.44. The molecule has 14 heavy (non-hydrogen) atoms. The van der Waals surface area contributed by atoms with Gasteiger partial charge in [0.1, 0.15) is 5.51 Å². The third-order valence-electron chi connectivity index (χ3n) is 1.94. The Kier molecular flexibility index (Phi) is 4.31. The first-order chi connectivity index (χ1) is 6.72. The molecule has 5 nitrogen and oxygen atoms in total. The van der Waals surface area contributed by atoms with E-state index in [2.05, 4.69) is 15.5 Å². The zero-order valence-electron chi connectivity index (χ0n) is 7.93. The molecule has 1 heterocycles. The van der Waals surface area contributed by atoms with Gasteiger partial charge in [0, 0.05) is 13.0 Å². The third kappa shape index (κ3) is 3.69. The minimum absolute atomic E-state index is 0.149. The van der Waals surface area contributed by atoms with E-state index in [0.717, 1.165) is 11.6 Å². The van der Waals surface area contributed by atoms with Crippen LogP contribution in [0, 0.1) is 5.92 Å². The Morgan fingerprint density at radius 2 is 2.57 bits per heavy atom. The molecule has 0 aliphatic heterocycles. The van der Waals surface area contributed by atoms with E-state index in [0.29, 0.717) is 6.54 Å². The van der Waals surface area contributed by atoms with Crippen LogP contribution < -0.4 is 5.32 Å². The van der Waals surface area contributed by atoms with Crippen LogP contribution in [0.4, 0.5) is 5.13 Å². The van der Waals surface area contributed by atoms with Crippen LogP contribution in [-0.4, -0.2) is 27.8 Å². The average molecular weight is 215 g/mol. The Hall–Kier alpha value is -1.17. The Labute approximate surface area is 86.2 Å². The van der Waals surface area contributed by atoms with Crippen molar-refractivity contribution < 1.29 is 9.90 Å². The minimum atomic E-state index is -0.754. The lowest BCUT2D eigenvalue weighted by Crippen LogP contribution is -2.17. The fourth-order valence-electron chi connectivity index (χ4n) is 1.09. The molecule has 0 aromatic carbocycles. The SMILES string of the molecule is CCC(CNc1nncs1)CC(=O)O. The lowest BCUT2D eigenvalue weighted by atomic mass is 10.0. The number of hydrogen-bond acceptors (Lipinski definition) is 5. The van der Waals surface area contributed by atoms with E-state index in [1.807, 2.05) is 6.92 Å². The number of nitrogens with zero attached hydrogens (tertiary/aromatic N) is 2. The molecule has 0 aliphatic rings. The summed E-state index contributed by atoms with van der Waals surface area (Å²) < 4.78 is 0. The highest BCUT2D eigenvalue weighted by Gasteiger charge is 2.11. The van der Waals surface area contributed by atoms with E-state index in [-0.39, 0.29) is 12.3 Å². The molecule has 78 valence electrons. The summed E-state index contributed by atoms with van der Waals surface area (Å²) in [7, 11) is 0. The van der Waals surface area contributed by atoms with E-state index >= 15 is 0 Å². The normalized spacial score (nSPS) is 12.4. The summed E-state index contributed by atoms with van der Waals surface area (Å²) in [5, 5.41) is 19.9. The summed E-state index contributed by atoms with van der Waals surface area (Å²) >= 11 is 1.41. The second kappa shape index (κ2) is 5.54. The second-order valence-corrected chi connectivity index (χ2v) is 3.83. The van der Waals surface area contributed by atoms with Crippen LogP contribution in [0.3, 0.4) is 0 Å². The molecular formula is C8H13N3O2S. The van der Waals surface area contributed by atoms with Gasteiger partial charge >= 0.3 is 5.97 Å². The van der Waals surface area contributed by atoms with Gasteiger partial charge in [-0.25, -0.2) is 0 Å². The molecule has 6 heteroatoms. The number of anilines is 1. The number of nitrogens with one attached hydrogen (secondary N) is 1. The van der Waals surface area contributed by atoms with Crippen molar-refractivity contribution in [3.8, 4) is 0 Å². The van der Waals surface area contributed by atoms with E-state index in [9.17, 15) is 4.79 Å². The van der Waals surface area contributed by atoms with Crippen molar-refractivity contribution in [3.05, 3.63) is 5.51 Å². The van der Waals surface area contributed by atoms with Crippen molar-refractivity contribution >= 4 is 22.4 Å². The Bertz CT molecular complexity index is 276. The number of aromatic nitrogens is 2. The molecule has 2 N–H and O–H groups in total. The number of aliphatic carboxylic acids is 1. The highest BCUT2D eigenvalue weighted by atomic mass is 32.1. The molecule has 1 aromatic heterocycles. The lowest BCUT2D eigenvalue weighted by molar-refractivity contribution is -0.138. The molecule has 1 aromatic rings. The molecule has 0 radical (unpaired) electrons. The Morgan fingerprint density at radius 1 is 1.79 bits per heavy atom. The summed E-state index contributed by atoms with van der Waals surface area (Å²) in [6, 6.07) is 0. The number of carboxylic acids is 1. The first kappa shape index (κ1) is 10.9. The number of rotatable bonds is 6. The Morgan fingerprint density at radius 3 is 3.07 bits per heavy atom. The van der Waals surface area contributed by atoms with Gasteiger partial charge in [0.2, 0.25) is 5.13 Å². The van der Waals surface area contributed by atoms with Gasteiger partial charge in [-0.1, -0.05) is 24.7 Å². The average Bonchev–Trinajstić information content (AvgIpc) is 2.64. The molecule has 0 aliphatic carbocycles. The van der Waals surface area contributed by atoms with Gasteiger partial charge in [-0.2, -0.15) is 0 Å². The zero-order chi connectivity index (χ0) is 10.4. The standard InChI is InChI=1S/C8H13N3O2S/c1-2-6(3-7(12)13)4-9-8-11-10-5-14-8/h5-6H,2-4H2,1H3,(H,9,11)(H,12,13). The van der Waals surface area contributed by atoms with Gasteiger partial charge in [-0.3, -0.25) is 4.79 Å². The van der Waals surface area contributed by atoms with Crippen molar-refractivity contribution in [2.24, 2.45) is 5.92 Å². The monoisotopic (exact) mass is 215 g/mol. The van der Waals surface area contributed by atoms with Gasteiger partial charge in [0.25, 0.3) is 0 Å². The number of carbonyl (C=O) groups is 1. The van der Waals surface area contributed by atoms with Gasteiger partial charge in [0.05, 0.1) is 0 Å². The first-order valence-corrected chi connectivity index (χ1v) is 5.32. The van der Waals surface area contributed by atoms with Gasteiger partial charge in [0.15, 0.2) is 0 Å².